The second-order valence-electron chi connectivity index (χ2n) is 1.92. The van der Waals surface area contributed by atoms with Gasteiger partial charge >= 0.3 is 0 Å². The average Bonchev–Trinajstić information content (AvgIpc) is 1.83. The first-order valence-corrected chi connectivity index (χ1v) is 2.83. The Morgan fingerprint density at radius 3 is 2.22 bits per heavy atom. The van der Waals surface area contributed by atoms with E-state index in [2.05, 4.69) is 6.58 Å². The standard InChI is InChI=1S/C8H12O/c1-4-7(2)5-6-8(3)9/h4-6,9H,1H2,2-3H3/b7-5-,8-6+. The first kappa shape index (κ1) is 8.02. The van der Waals surface area contributed by atoms with E-state index in [4.69, 9.17) is 5.11 Å². The van der Waals surface area contributed by atoms with Crippen molar-refractivity contribution in [3.63, 3.8) is 0 Å². The molecule has 0 fully saturated rings. The molecule has 0 aliphatic heterocycles. The third kappa shape index (κ3) is 4.88. The molecule has 0 radical (unpaired) electrons. The fourth-order valence-electron chi connectivity index (χ4n) is 0.320. The van der Waals surface area contributed by atoms with E-state index in [1.165, 1.54) is 0 Å². The van der Waals surface area contributed by atoms with Gasteiger partial charge in [0.1, 0.15) is 0 Å². The van der Waals surface area contributed by atoms with Crippen LogP contribution in [0.4, 0.5) is 0 Å². The van der Waals surface area contributed by atoms with E-state index in [0.29, 0.717) is 5.76 Å². The SMILES string of the molecule is C=C/C(C)=C\C=C(/C)O. The van der Waals surface area contributed by atoms with Crippen LogP contribution >= 0.6 is 0 Å². The van der Waals surface area contributed by atoms with Gasteiger partial charge in [0, 0.05) is 0 Å². The molecule has 0 aliphatic rings. The summed E-state index contributed by atoms with van der Waals surface area (Å²) in [7, 11) is 0. The lowest BCUT2D eigenvalue weighted by Gasteiger charge is -1.85. The Hall–Kier alpha value is -0.980. The molecule has 50 valence electrons. The topological polar surface area (TPSA) is 20.2 Å². The molecule has 0 unspecified atom stereocenters. The summed E-state index contributed by atoms with van der Waals surface area (Å²) in [6, 6.07) is 0. The number of rotatable bonds is 2. The van der Waals surface area contributed by atoms with Crippen molar-refractivity contribution in [2.45, 2.75) is 13.8 Å². The second kappa shape index (κ2) is 3.96. The van der Waals surface area contributed by atoms with Gasteiger partial charge in [-0.25, -0.2) is 0 Å². The van der Waals surface area contributed by atoms with Crippen LogP contribution in [0.5, 0.6) is 0 Å². The van der Waals surface area contributed by atoms with E-state index in [-0.39, 0.29) is 0 Å². The minimum Gasteiger partial charge on any atom is -0.513 e. The van der Waals surface area contributed by atoms with E-state index in [1.54, 1.807) is 19.1 Å². The number of hydrogen-bond donors (Lipinski definition) is 1. The van der Waals surface area contributed by atoms with E-state index >= 15 is 0 Å². The molecule has 1 N–H and O–H groups in total. The van der Waals surface area contributed by atoms with Crippen LogP contribution in [-0.2, 0) is 0 Å². The van der Waals surface area contributed by atoms with Crippen molar-refractivity contribution in [2.75, 3.05) is 0 Å². The molecule has 0 rings (SSSR count). The Morgan fingerprint density at radius 1 is 1.33 bits per heavy atom. The van der Waals surface area contributed by atoms with Gasteiger partial charge in [0.05, 0.1) is 5.76 Å². The molecule has 9 heavy (non-hydrogen) atoms. The van der Waals surface area contributed by atoms with Crippen molar-refractivity contribution in [1.82, 2.24) is 0 Å². The van der Waals surface area contributed by atoms with Gasteiger partial charge in [0.25, 0.3) is 0 Å². The molecule has 0 aromatic rings. The minimum atomic E-state index is 0.316. The molecule has 0 atom stereocenters. The van der Waals surface area contributed by atoms with Gasteiger partial charge in [-0.1, -0.05) is 24.3 Å². The summed E-state index contributed by atoms with van der Waals surface area (Å²) in [6.07, 6.45) is 5.18. The Labute approximate surface area is 56.0 Å². The Kier molecular flexibility index (Phi) is 3.52. The second-order valence-corrected chi connectivity index (χ2v) is 1.92. The summed E-state index contributed by atoms with van der Waals surface area (Å²) in [5.74, 6) is 0.316. The smallest absolute Gasteiger partial charge is 0.0891 e. The fraction of sp³-hybridized carbons (Fsp3) is 0.250. The molecule has 0 saturated carbocycles. The van der Waals surface area contributed by atoms with Crippen LogP contribution in [0.25, 0.3) is 0 Å². The molecule has 0 saturated heterocycles. The predicted molar refractivity (Wildman–Crippen MR) is 40.3 cm³/mol. The maximum Gasteiger partial charge on any atom is 0.0891 e. The van der Waals surface area contributed by atoms with Gasteiger partial charge in [-0.2, -0.15) is 0 Å². The van der Waals surface area contributed by atoms with Crippen LogP contribution in [0.3, 0.4) is 0 Å². The van der Waals surface area contributed by atoms with Gasteiger partial charge in [-0.15, -0.1) is 0 Å². The van der Waals surface area contributed by atoms with Gasteiger partial charge < -0.3 is 5.11 Å². The normalized spacial score (nSPS) is 13.6. The molecule has 1 nitrogen and oxygen atoms in total. The molecule has 0 bridgehead atoms. The zero-order valence-electron chi connectivity index (χ0n) is 5.89. The monoisotopic (exact) mass is 124 g/mol. The molecule has 0 aliphatic carbocycles. The largest absolute Gasteiger partial charge is 0.513 e. The van der Waals surface area contributed by atoms with Crippen molar-refractivity contribution < 1.29 is 5.11 Å². The van der Waals surface area contributed by atoms with Gasteiger partial charge in [-0.3, -0.25) is 0 Å². The van der Waals surface area contributed by atoms with Crippen LogP contribution < -0.4 is 0 Å². The van der Waals surface area contributed by atoms with E-state index in [9.17, 15) is 0 Å². The van der Waals surface area contributed by atoms with Crippen LogP contribution in [0.1, 0.15) is 13.8 Å². The zero-order chi connectivity index (χ0) is 7.28. The number of aliphatic hydroxyl groups is 1. The lowest BCUT2D eigenvalue weighted by atomic mass is 10.3. The van der Waals surface area contributed by atoms with Crippen LogP contribution in [0, 0.1) is 0 Å². The molecule has 0 amide bonds. The predicted octanol–water partition coefficient (Wildman–Crippen LogP) is 2.58. The third-order valence-electron chi connectivity index (χ3n) is 0.909. The first-order chi connectivity index (χ1) is 4.16. The lowest BCUT2D eigenvalue weighted by molar-refractivity contribution is 0.414. The third-order valence-corrected chi connectivity index (χ3v) is 0.909. The maximum atomic E-state index is 8.68. The van der Waals surface area contributed by atoms with E-state index in [1.807, 2.05) is 13.0 Å². The van der Waals surface area contributed by atoms with Crippen molar-refractivity contribution in [3.05, 3.63) is 36.1 Å². The summed E-state index contributed by atoms with van der Waals surface area (Å²) in [5, 5.41) is 8.68. The maximum absolute atomic E-state index is 8.68. The van der Waals surface area contributed by atoms with Crippen molar-refractivity contribution >= 4 is 0 Å². The fourth-order valence-corrected chi connectivity index (χ4v) is 0.320. The Bertz CT molecular complexity index is 148. The Balaban J connectivity index is 3.98. The molecule has 0 aromatic heterocycles. The summed E-state index contributed by atoms with van der Waals surface area (Å²) >= 11 is 0. The Morgan fingerprint density at radius 2 is 1.89 bits per heavy atom. The van der Waals surface area contributed by atoms with Crippen molar-refractivity contribution in [3.8, 4) is 0 Å². The zero-order valence-corrected chi connectivity index (χ0v) is 5.89. The number of allylic oxidation sites excluding steroid dienone is 5. The molecule has 0 aromatic carbocycles. The number of hydrogen-bond acceptors (Lipinski definition) is 1. The molecular formula is C8H12O. The summed E-state index contributed by atoms with van der Waals surface area (Å²) in [5.41, 5.74) is 1.04. The van der Waals surface area contributed by atoms with Crippen LogP contribution in [0.15, 0.2) is 36.1 Å². The van der Waals surface area contributed by atoms with Crippen molar-refractivity contribution in [1.29, 1.82) is 0 Å². The minimum absolute atomic E-state index is 0.316. The van der Waals surface area contributed by atoms with Crippen molar-refractivity contribution in [2.24, 2.45) is 0 Å². The summed E-state index contributed by atoms with van der Waals surface area (Å²) in [6.45, 7) is 7.11. The molecule has 1 heteroatoms. The lowest BCUT2D eigenvalue weighted by Crippen LogP contribution is -1.68. The highest BCUT2D eigenvalue weighted by Crippen LogP contribution is 1.94. The number of aliphatic hydroxyl groups excluding tert-OH is 1. The van der Waals surface area contributed by atoms with E-state index in [0.717, 1.165) is 5.57 Å². The quantitative estimate of drug-likeness (QED) is 0.443. The molecule has 0 spiro atoms. The summed E-state index contributed by atoms with van der Waals surface area (Å²) in [4.78, 5) is 0. The van der Waals surface area contributed by atoms with Gasteiger partial charge in [-0.05, 0) is 19.9 Å². The molecule has 0 heterocycles. The van der Waals surface area contributed by atoms with E-state index < -0.39 is 0 Å². The highest BCUT2D eigenvalue weighted by Gasteiger charge is 1.76. The van der Waals surface area contributed by atoms with Gasteiger partial charge in [0.15, 0.2) is 0 Å². The van der Waals surface area contributed by atoms with Crippen LogP contribution in [-0.4, -0.2) is 5.11 Å². The highest BCUT2D eigenvalue weighted by molar-refractivity contribution is 5.20. The van der Waals surface area contributed by atoms with Crippen LogP contribution in [0.2, 0.25) is 0 Å². The highest BCUT2D eigenvalue weighted by atomic mass is 16.3. The average molecular weight is 124 g/mol. The molecular weight excluding hydrogens is 112 g/mol. The van der Waals surface area contributed by atoms with Gasteiger partial charge in [0.2, 0.25) is 0 Å². The first-order valence-electron chi connectivity index (χ1n) is 2.83. The summed E-state index contributed by atoms with van der Waals surface area (Å²) < 4.78 is 0.